The monoisotopic (exact) mass is 395 g/mol. The molecule has 1 atom stereocenters. The second kappa shape index (κ2) is 8.37. The third-order valence-corrected chi connectivity index (χ3v) is 6.60. The van der Waals surface area contributed by atoms with Crippen molar-refractivity contribution >= 4 is 29.3 Å². The summed E-state index contributed by atoms with van der Waals surface area (Å²) in [5.41, 5.74) is 1.49. The number of anilines is 1. The lowest BCUT2D eigenvalue weighted by Crippen LogP contribution is -2.57. The normalized spacial score (nSPS) is 23.2. The van der Waals surface area contributed by atoms with Gasteiger partial charge in [0.1, 0.15) is 0 Å². The lowest BCUT2D eigenvalue weighted by atomic mass is 9.84. The van der Waals surface area contributed by atoms with Crippen LogP contribution in [0.1, 0.15) is 30.1 Å². The van der Waals surface area contributed by atoms with E-state index in [2.05, 4.69) is 15.5 Å². The molecule has 5 rings (SSSR count). The van der Waals surface area contributed by atoms with Gasteiger partial charge in [-0.05, 0) is 68.2 Å². The van der Waals surface area contributed by atoms with Gasteiger partial charge in [-0.15, -0.1) is 0 Å². The minimum Gasteiger partial charge on any atom is -0.348 e. The van der Waals surface area contributed by atoms with Crippen LogP contribution in [0.5, 0.6) is 0 Å². The number of fused-ring (bicyclic) bond motifs is 3. The third-order valence-electron chi connectivity index (χ3n) is 5.51. The maximum Gasteiger partial charge on any atom is 0.251 e. The first kappa shape index (κ1) is 19.0. The number of nitrogens with one attached hydrogen (secondary N) is 2. The number of nitrogens with zero attached hydrogens (tertiary/aromatic N) is 1. The van der Waals surface area contributed by atoms with Crippen LogP contribution in [-0.4, -0.2) is 42.4 Å². The number of rotatable bonds is 5. The number of carbonyl (C=O) groups is 2. The van der Waals surface area contributed by atoms with E-state index < -0.39 is 0 Å². The van der Waals surface area contributed by atoms with E-state index in [0.29, 0.717) is 11.5 Å². The zero-order chi connectivity index (χ0) is 19.5. The Labute approximate surface area is 169 Å². The van der Waals surface area contributed by atoms with Gasteiger partial charge < -0.3 is 15.5 Å². The molecule has 0 radical (unpaired) electrons. The zero-order valence-corrected chi connectivity index (χ0v) is 16.8. The molecule has 6 heteroatoms. The first-order valence-electron chi connectivity index (χ1n) is 9.76. The van der Waals surface area contributed by atoms with Crippen molar-refractivity contribution in [3.63, 3.8) is 0 Å². The van der Waals surface area contributed by atoms with E-state index >= 15 is 0 Å². The highest BCUT2D eigenvalue weighted by Crippen LogP contribution is 2.33. The number of para-hydroxylation sites is 1. The predicted octanol–water partition coefficient (Wildman–Crippen LogP) is 3.62. The van der Waals surface area contributed by atoms with Gasteiger partial charge in [-0.2, -0.15) is 0 Å². The molecule has 2 N–H and O–H groups in total. The Balaban J connectivity index is 1.40. The van der Waals surface area contributed by atoms with E-state index in [9.17, 15) is 9.59 Å². The topological polar surface area (TPSA) is 61.4 Å². The smallest absolute Gasteiger partial charge is 0.251 e. The highest BCUT2D eigenvalue weighted by atomic mass is 32.2. The SMILES string of the molecule is CC(=O)Nc1ccccc1Sc1ccc(C(=O)NC2CN3CCC2CC3)cc1. The number of hydrogen-bond acceptors (Lipinski definition) is 4. The fourth-order valence-corrected chi connectivity index (χ4v) is 4.93. The van der Waals surface area contributed by atoms with Gasteiger partial charge in [-0.25, -0.2) is 0 Å². The van der Waals surface area contributed by atoms with Crippen molar-refractivity contribution in [1.82, 2.24) is 10.2 Å². The van der Waals surface area contributed by atoms with Crippen LogP contribution in [0.2, 0.25) is 0 Å². The summed E-state index contributed by atoms with van der Waals surface area (Å²) >= 11 is 1.57. The first-order chi connectivity index (χ1) is 13.6. The van der Waals surface area contributed by atoms with Crippen LogP contribution in [0.15, 0.2) is 58.3 Å². The van der Waals surface area contributed by atoms with Gasteiger partial charge in [0, 0.05) is 34.9 Å². The second-order valence-corrected chi connectivity index (χ2v) is 8.64. The second-order valence-electron chi connectivity index (χ2n) is 7.52. The number of hydrogen-bond donors (Lipinski definition) is 2. The van der Waals surface area contributed by atoms with Crippen molar-refractivity contribution < 1.29 is 9.59 Å². The highest BCUT2D eigenvalue weighted by molar-refractivity contribution is 7.99. The van der Waals surface area contributed by atoms with Crippen molar-refractivity contribution in [2.24, 2.45) is 5.92 Å². The molecular weight excluding hydrogens is 370 g/mol. The molecule has 2 aromatic carbocycles. The van der Waals surface area contributed by atoms with Gasteiger partial charge in [-0.1, -0.05) is 23.9 Å². The summed E-state index contributed by atoms with van der Waals surface area (Å²) in [6.07, 6.45) is 2.38. The van der Waals surface area contributed by atoms with E-state index in [-0.39, 0.29) is 17.9 Å². The summed E-state index contributed by atoms with van der Waals surface area (Å²) in [5, 5.41) is 6.09. The van der Waals surface area contributed by atoms with Gasteiger partial charge >= 0.3 is 0 Å². The molecular formula is C22H25N3O2S. The molecule has 0 aliphatic carbocycles. The van der Waals surface area contributed by atoms with Crippen molar-refractivity contribution in [2.75, 3.05) is 25.0 Å². The van der Waals surface area contributed by atoms with Gasteiger partial charge in [0.2, 0.25) is 5.91 Å². The first-order valence-corrected chi connectivity index (χ1v) is 10.6. The Kier molecular flexibility index (Phi) is 5.69. The van der Waals surface area contributed by atoms with E-state index in [1.165, 1.54) is 32.9 Å². The van der Waals surface area contributed by atoms with E-state index in [4.69, 9.17) is 0 Å². The number of piperidine rings is 3. The maximum atomic E-state index is 12.7. The Hall–Kier alpha value is -2.31. The minimum absolute atomic E-state index is 0.00828. The predicted molar refractivity (Wildman–Crippen MR) is 112 cm³/mol. The molecule has 3 saturated heterocycles. The van der Waals surface area contributed by atoms with Gasteiger partial charge in [0.15, 0.2) is 0 Å². The molecule has 2 amide bonds. The molecule has 5 nitrogen and oxygen atoms in total. The number of carbonyl (C=O) groups excluding carboxylic acids is 2. The number of amides is 2. The van der Waals surface area contributed by atoms with Crippen LogP contribution in [0, 0.1) is 5.92 Å². The van der Waals surface area contributed by atoms with E-state index in [1.807, 2.05) is 48.5 Å². The highest BCUT2D eigenvalue weighted by Gasteiger charge is 2.34. The van der Waals surface area contributed by atoms with Crippen LogP contribution in [0.3, 0.4) is 0 Å². The Morgan fingerprint density at radius 2 is 1.75 bits per heavy atom. The largest absolute Gasteiger partial charge is 0.348 e. The average molecular weight is 396 g/mol. The molecule has 3 heterocycles. The van der Waals surface area contributed by atoms with Gasteiger partial charge in [-0.3, -0.25) is 9.59 Å². The van der Waals surface area contributed by atoms with E-state index in [0.717, 1.165) is 22.0 Å². The van der Waals surface area contributed by atoms with E-state index in [1.54, 1.807) is 11.8 Å². The molecule has 0 saturated carbocycles. The third kappa shape index (κ3) is 4.39. The quantitative estimate of drug-likeness (QED) is 0.812. The standard InChI is InChI=1S/C22H25N3O2S/c1-15(26)23-19-4-2-3-5-21(19)28-18-8-6-17(7-9-18)22(27)24-20-14-25-12-10-16(20)11-13-25/h2-9,16,20H,10-14H2,1H3,(H,23,26)(H,24,27). The van der Waals surface area contributed by atoms with Gasteiger partial charge in [0.05, 0.1) is 5.69 Å². The summed E-state index contributed by atoms with van der Waals surface area (Å²) in [6, 6.07) is 15.7. The van der Waals surface area contributed by atoms with Crippen molar-refractivity contribution in [3.05, 3.63) is 54.1 Å². The number of benzene rings is 2. The van der Waals surface area contributed by atoms with Crippen LogP contribution >= 0.6 is 11.8 Å². The summed E-state index contributed by atoms with van der Waals surface area (Å²) in [6.45, 7) is 4.82. The Morgan fingerprint density at radius 1 is 1.04 bits per heavy atom. The summed E-state index contributed by atoms with van der Waals surface area (Å²) in [7, 11) is 0. The molecule has 3 fully saturated rings. The molecule has 28 heavy (non-hydrogen) atoms. The maximum absolute atomic E-state index is 12.7. The molecule has 2 aromatic rings. The molecule has 3 aliphatic heterocycles. The molecule has 0 aromatic heterocycles. The molecule has 1 unspecified atom stereocenters. The van der Waals surface area contributed by atoms with Crippen LogP contribution in [0.4, 0.5) is 5.69 Å². The van der Waals surface area contributed by atoms with Crippen LogP contribution in [0.25, 0.3) is 0 Å². The molecule has 146 valence electrons. The summed E-state index contributed by atoms with van der Waals surface area (Å²) in [4.78, 5) is 28.5. The van der Waals surface area contributed by atoms with Crippen molar-refractivity contribution in [1.29, 1.82) is 0 Å². The average Bonchev–Trinajstić information content (AvgIpc) is 2.70. The zero-order valence-electron chi connectivity index (χ0n) is 16.0. The lowest BCUT2D eigenvalue weighted by molar-refractivity contribution is -0.114. The van der Waals surface area contributed by atoms with Crippen LogP contribution in [-0.2, 0) is 4.79 Å². The van der Waals surface area contributed by atoms with Crippen molar-refractivity contribution in [2.45, 2.75) is 35.6 Å². The lowest BCUT2D eigenvalue weighted by Gasteiger charge is -2.44. The molecule has 0 spiro atoms. The Bertz CT molecular complexity index is 860. The Morgan fingerprint density at radius 3 is 2.39 bits per heavy atom. The molecule has 2 bridgehead atoms. The van der Waals surface area contributed by atoms with Crippen molar-refractivity contribution in [3.8, 4) is 0 Å². The fraction of sp³-hybridized carbons (Fsp3) is 0.364. The van der Waals surface area contributed by atoms with Gasteiger partial charge in [0.25, 0.3) is 5.91 Å². The minimum atomic E-state index is -0.0900. The molecule has 3 aliphatic rings. The fourth-order valence-electron chi connectivity index (χ4n) is 4.03. The summed E-state index contributed by atoms with van der Waals surface area (Å²) in [5.74, 6) is 0.538. The summed E-state index contributed by atoms with van der Waals surface area (Å²) < 4.78 is 0. The van der Waals surface area contributed by atoms with Crippen LogP contribution < -0.4 is 10.6 Å².